The van der Waals surface area contributed by atoms with Crippen LogP contribution in [0.5, 0.6) is 0 Å². The largest absolute Gasteiger partial charge is 0.401 e. The molecule has 0 aliphatic rings. The normalized spacial score (nSPS) is 12.6. The van der Waals surface area contributed by atoms with Crippen molar-refractivity contribution in [1.29, 1.82) is 0 Å². The fourth-order valence-electron chi connectivity index (χ4n) is 1.98. The van der Waals surface area contributed by atoms with Crippen molar-refractivity contribution in [3.8, 4) is 0 Å². The van der Waals surface area contributed by atoms with Gasteiger partial charge in [-0.25, -0.2) is 0 Å². The van der Waals surface area contributed by atoms with Gasteiger partial charge in [-0.15, -0.1) is 0 Å². The lowest BCUT2D eigenvalue weighted by atomic mass is 10.3. The molecule has 0 atom stereocenters. The Labute approximate surface area is 115 Å². The Morgan fingerprint density at radius 3 is 1.79 bits per heavy atom. The summed E-state index contributed by atoms with van der Waals surface area (Å²) in [5.74, 6) is 0. The van der Waals surface area contributed by atoms with E-state index in [1.807, 2.05) is 6.92 Å². The van der Waals surface area contributed by atoms with Crippen LogP contribution in [0.4, 0.5) is 13.2 Å². The summed E-state index contributed by atoms with van der Waals surface area (Å²) >= 11 is 0. The van der Waals surface area contributed by atoms with Crippen LogP contribution in [0.25, 0.3) is 0 Å². The lowest BCUT2D eigenvalue weighted by molar-refractivity contribution is -0.145. The first kappa shape index (κ1) is 18.7. The molecule has 0 aromatic carbocycles. The quantitative estimate of drug-likeness (QED) is 0.586. The molecule has 19 heavy (non-hydrogen) atoms. The van der Waals surface area contributed by atoms with Crippen LogP contribution in [0.3, 0.4) is 0 Å². The number of nitrogens with one attached hydrogen (secondary N) is 1. The van der Waals surface area contributed by atoms with E-state index in [2.05, 4.69) is 24.1 Å². The Hall–Kier alpha value is -0.330. The molecule has 1 N–H and O–H groups in total. The highest BCUT2D eigenvalue weighted by atomic mass is 19.4. The van der Waals surface area contributed by atoms with Gasteiger partial charge in [-0.05, 0) is 26.1 Å². The van der Waals surface area contributed by atoms with Gasteiger partial charge in [0.1, 0.15) is 0 Å². The van der Waals surface area contributed by atoms with Crippen molar-refractivity contribution in [3.05, 3.63) is 0 Å². The maximum atomic E-state index is 12.3. The summed E-state index contributed by atoms with van der Waals surface area (Å²) < 4.78 is 37.0. The monoisotopic (exact) mass is 283 g/mol. The van der Waals surface area contributed by atoms with E-state index >= 15 is 0 Å². The minimum atomic E-state index is -4.10. The van der Waals surface area contributed by atoms with Gasteiger partial charge in [0.05, 0.1) is 6.54 Å². The third kappa shape index (κ3) is 11.2. The summed E-state index contributed by atoms with van der Waals surface area (Å²) in [7, 11) is 0. The van der Waals surface area contributed by atoms with E-state index < -0.39 is 12.7 Å². The average Bonchev–Trinajstić information content (AvgIpc) is 2.32. The maximum absolute atomic E-state index is 12.3. The van der Waals surface area contributed by atoms with Crippen molar-refractivity contribution < 1.29 is 13.2 Å². The molecule has 0 amide bonds. The van der Waals surface area contributed by atoms with Gasteiger partial charge < -0.3 is 10.2 Å². The van der Waals surface area contributed by atoms with Gasteiger partial charge >= 0.3 is 6.18 Å². The molecule has 6 heteroatoms. The molecule has 0 aliphatic heterocycles. The lowest BCUT2D eigenvalue weighted by Crippen LogP contribution is -2.40. The fraction of sp³-hybridized carbons (Fsp3) is 1.00. The fourth-order valence-corrected chi connectivity index (χ4v) is 1.98. The summed E-state index contributed by atoms with van der Waals surface area (Å²) in [6.07, 6.45) is -3.36. The molecule has 0 bridgehead atoms. The van der Waals surface area contributed by atoms with Crippen LogP contribution in [0.2, 0.25) is 0 Å². The van der Waals surface area contributed by atoms with Crippen LogP contribution in [0, 0.1) is 0 Å². The number of hydrogen-bond acceptors (Lipinski definition) is 3. The molecule has 0 fully saturated rings. The van der Waals surface area contributed by atoms with Crippen molar-refractivity contribution in [2.75, 3.05) is 52.4 Å². The first-order chi connectivity index (χ1) is 8.92. The Kier molecular flexibility index (Phi) is 10.3. The van der Waals surface area contributed by atoms with Gasteiger partial charge in [0.25, 0.3) is 0 Å². The predicted molar refractivity (Wildman–Crippen MR) is 73.4 cm³/mol. The molecule has 0 unspecified atom stereocenters. The number of likely N-dealkylation sites (N-methyl/N-ethyl adjacent to an activating group) is 1. The standard InChI is InChI=1S/C13H28F3N3/c1-4-9-19(12-13(14,15)16)11-8-17-7-10-18(5-2)6-3/h17H,4-12H2,1-3H3. The summed E-state index contributed by atoms with van der Waals surface area (Å²) in [4.78, 5) is 3.75. The van der Waals surface area contributed by atoms with Crippen molar-refractivity contribution >= 4 is 0 Å². The number of hydrogen-bond donors (Lipinski definition) is 1. The molecule has 0 aliphatic carbocycles. The highest BCUT2D eigenvalue weighted by Crippen LogP contribution is 2.16. The SMILES string of the molecule is CCCN(CCNCCN(CC)CC)CC(F)(F)F. The predicted octanol–water partition coefficient (Wildman–Crippen LogP) is 2.19. The van der Waals surface area contributed by atoms with Gasteiger partial charge in [-0.3, -0.25) is 4.90 Å². The molecule has 0 saturated heterocycles. The van der Waals surface area contributed by atoms with Crippen molar-refractivity contribution in [3.63, 3.8) is 0 Å². The molecule has 116 valence electrons. The smallest absolute Gasteiger partial charge is 0.314 e. The first-order valence-corrected chi connectivity index (χ1v) is 7.15. The minimum absolute atomic E-state index is 0.450. The zero-order valence-corrected chi connectivity index (χ0v) is 12.4. The van der Waals surface area contributed by atoms with E-state index in [1.54, 1.807) is 0 Å². The van der Waals surface area contributed by atoms with Crippen LogP contribution in [-0.4, -0.2) is 68.3 Å². The van der Waals surface area contributed by atoms with E-state index in [9.17, 15) is 13.2 Å². The maximum Gasteiger partial charge on any atom is 0.401 e. The van der Waals surface area contributed by atoms with Crippen molar-refractivity contribution in [2.24, 2.45) is 0 Å². The minimum Gasteiger partial charge on any atom is -0.314 e. The molecule has 0 rings (SSSR count). The molecule has 0 heterocycles. The Bertz CT molecular complexity index is 206. The summed E-state index contributed by atoms with van der Waals surface area (Å²) in [5.41, 5.74) is 0. The Balaban J connectivity index is 3.75. The molecule has 0 saturated carbocycles. The topological polar surface area (TPSA) is 18.5 Å². The number of halogens is 3. The molecule has 0 spiro atoms. The van der Waals surface area contributed by atoms with Crippen molar-refractivity contribution in [2.45, 2.75) is 33.4 Å². The second kappa shape index (κ2) is 10.5. The lowest BCUT2D eigenvalue weighted by Gasteiger charge is -2.23. The van der Waals surface area contributed by atoms with Crippen LogP contribution in [0.1, 0.15) is 27.2 Å². The number of rotatable bonds is 11. The third-order valence-corrected chi connectivity index (χ3v) is 3.05. The van der Waals surface area contributed by atoms with Gasteiger partial charge in [-0.1, -0.05) is 20.8 Å². The highest BCUT2D eigenvalue weighted by molar-refractivity contribution is 4.65. The van der Waals surface area contributed by atoms with Gasteiger partial charge in [-0.2, -0.15) is 13.2 Å². The summed E-state index contributed by atoms with van der Waals surface area (Å²) in [6.45, 7) is 10.7. The van der Waals surface area contributed by atoms with E-state index in [-0.39, 0.29) is 0 Å². The number of alkyl halides is 3. The summed E-state index contributed by atoms with van der Waals surface area (Å²) in [6, 6.07) is 0. The second-order valence-corrected chi connectivity index (χ2v) is 4.67. The molecule has 0 aromatic heterocycles. The molecular formula is C13H28F3N3. The molecule has 3 nitrogen and oxygen atoms in total. The van der Waals surface area contributed by atoms with Gasteiger partial charge in [0, 0.05) is 26.2 Å². The summed E-state index contributed by atoms with van der Waals surface area (Å²) in [5, 5.41) is 3.21. The van der Waals surface area contributed by atoms with Gasteiger partial charge in [0.15, 0.2) is 0 Å². The van der Waals surface area contributed by atoms with E-state index in [0.717, 1.165) is 32.6 Å². The van der Waals surface area contributed by atoms with Crippen molar-refractivity contribution in [1.82, 2.24) is 15.1 Å². The zero-order chi connectivity index (χ0) is 14.7. The van der Waals surface area contributed by atoms with Crippen LogP contribution >= 0.6 is 0 Å². The van der Waals surface area contributed by atoms with Crippen LogP contribution < -0.4 is 5.32 Å². The highest BCUT2D eigenvalue weighted by Gasteiger charge is 2.29. The molecular weight excluding hydrogens is 255 g/mol. The zero-order valence-electron chi connectivity index (χ0n) is 12.4. The van der Waals surface area contributed by atoms with Crippen LogP contribution in [-0.2, 0) is 0 Å². The Morgan fingerprint density at radius 2 is 1.37 bits per heavy atom. The molecule has 0 radical (unpaired) electrons. The molecule has 0 aromatic rings. The van der Waals surface area contributed by atoms with E-state index in [0.29, 0.717) is 19.6 Å². The second-order valence-electron chi connectivity index (χ2n) is 4.67. The number of nitrogens with zero attached hydrogens (tertiary/aromatic N) is 2. The van der Waals surface area contributed by atoms with Crippen LogP contribution in [0.15, 0.2) is 0 Å². The van der Waals surface area contributed by atoms with E-state index in [4.69, 9.17) is 0 Å². The third-order valence-electron chi connectivity index (χ3n) is 3.05. The average molecular weight is 283 g/mol. The van der Waals surface area contributed by atoms with E-state index in [1.165, 1.54) is 4.90 Å². The Morgan fingerprint density at radius 1 is 0.842 bits per heavy atom. The van der Waals surface area contributed by atoms with Gasteiger partial charge in [0.2, 0.25) is 0 Å². The first-order valence-electron chi connectivity index (χ1n) is 7.15.